The Morgan fingerprint density at radius 1 is 1.04 bits per heavy atom. The van der Waals surface area contributed by atoms with Crippen molar-refractivity contribution in [2.24, 2.45) is 7.05 Å². The van der Waals surface area contributed by atoms with E-state index in [4.69, 9.17) is 5.73 Å². The molecule has 4 aromatic rings. The van der Waals surface area contributed by atoms with Gasteiger partial charge in [-0.1, -0.05) is 0 Å². The number of fused-ring (bicyclic) bond motifs is 1. The van der Waals surface area contributed by atoms with E-state index in [2.05, 4.69) is 40.7 Å². The van der Waals surface area contributed by atoms with Gasteiger partial charge in [0.15, 0.2) is 11.5 Å². The van der Waals surface area contributed by atoms with Crippen LogP contribution in [0.3, 0.4) is 0 Å². The van der Waals surface area contributed by atoms with Gasteiger partial charge in [0.05, 0.1) is 46.7 Å². The molecule has 0 aromatic carbocycles. The number of hydrogen-bond donors (Lipinski definition) is 3. The van der Waals surface area contributed by atoms with Crippen LogP contribution in [0.15, 0.2) is 37.2 Å². The molecule has 0 unspecified atom stereocenters. The number of pyridine rings is 1. The quantitative estimate of drug-likeness (QED) is 0.506. The normalized spacial score (nSPS) is 10.8. The lowest BCUT2D eigenvalue weighted by Gasteiger charge is -2.07. The number of nitrogen functional groups attached to an aromatic ring is 1. The van der Waals surface area contributed by atoms with Crippen molar-refractivity contribution < 1.29 is 0 Å². The van der Waals surface area contributed by atoms with Gasteiger partial charge >= 0.3 is 0 Å². The molecule has 0 aliphatic heterocycles. The molecule has 10 nitrogen and oxygen atoms in total. The van der Waals surface area contributed by atoms with Crippen molar-refractivity contribution in [2.45, 2.75) is 6.92 Å². The molecule has 0 aliphatic rings. The minimum absolute atomic E-state index is 0.434. The monoisotopic (exact) mass is 348 g/mol. The van der Waals surface area contributed by atoms with Gasteiger partial charge < -0.3 is 16.4 Å². The fourth-order valence-corrected chi connectivity index (χ4v) is 2.49. The van der Waals surface area contributed by atoms with Crippen LogP contribution >= 0.6 is 0 Å². The SMILES string of the molecule is Cc1ncc(N)cc1Nc1nn(C)c2nc(Nc3cncnc3)ncc12. The van der Waals surface area contributed by atoms with Crippen LogP contribution in [0.1, 0.15) is 5.69 Å². The Labute approximate surface area is 148 Å². The van der Waals surface area contributed by atoms with Crippen molar-refractivity contribution >= 4 is 39.9 Å². The summed E-state index contributed by atoms with van der Waals surface area (Å²) in [5.41, 5.74) is 9.38. The summed E-state index contributed by atoms with van der Waals surface area (Å²) in [4.78, 5) is 21.0. The Bertz CT molecular complexity index is 1070. The van der Waals surface area contributed by atoms with Crippen molar-refractivity contribution in [3.05, 3.63) is 42.9 Å². The lowest BCUT2D eigenvalue weighted by atomic mass is 10.3. The molecule has 0 spiro atoms. The zero-order valence-electron chi connectivity index (χ0n) is 14.2. The third-order valence-corrected chi connectivity index (χ3v) is 3.76. The van der Waals surface area contributed by atoms with Crippen molar-refractivity contribution in [2.75, 3.05) is 16.4 Å². The average Bonchev–Trinajstić information content (AvgIpc) is 2.94. The van der Waals surface area contributed by atoms with Gasteiger partial charge in [-0.2, -0.15) is 10.1 Å². The van der Waals surface area contributed by atoms with E-state index in [0.29, 0.717) is 28.8 Å². The standard InChI is InChI=1S/C16H16N10/c1-9-13(3-10(17)4-20-9)23-14-12-7-21-16(24-15(12)26(2)25-14)22-11-5-18-8-19-6-11/h3-8H,17H2,1-2H3,(H,23,25)(H,21,22,24). The van der Waals surface area contributed by atoms with Gasteiger partial charge in [0.2, 0.25) is 5.95 Å². The highest BCUT2D eigenvalue weighted by Gasteiger charge is 2.13. The van der Waals surface area contributed by atoms with Gasteiger partial charge in [0.25, 0.3) is 0 Å². The van der Waals surface area contributed by atoms with Crippen LogP contribution < -0.4 is 16.4 Å². The van der Waals surface area contributed by atoms with Crippen LogP contribution in [0.25, 0.3) is 11.0 Å². The van der Waals surface area contributed by atoms with E-state index in [1.165, 1.54) is 6.33 Å². The van der Waals surface area contributed by atoms with E-state index in [1.54, 1.807) is 29.5 Å². The summed E-state index contributed by atoms with van der Waals surface area (Å²) < 4.78 is 1.68. The second-order valence-corrected chi connectivity index (χ2v) is 5.68. The smallest absolute Gasteiger partial charge is 0.229 e. The Morgan fingerprint density at radius 2 is 1.85 bits per heavy atom. The minimum atomic E-state index is 0.434. The van der Waals surface area contributed by atoms with Gasteiger partial charge in [-0.25, -0.2) is 19.6 Å². The Kier molecular flexibility index (Phi) is 3.77. The van der Waals surface area contributed by atoms with Gasteiger partial charge in [-0.15, -0.1) is 0 Å². The summed E-state index contributed by atoms with van der Waals surface area (Å²) in [6, 6.07) is 1.81. The summed E-state index contributed by atoms with van der Waals surface area (Å²) in [6.45, 7) is 1.90. The summed E-state index contributed by atoms with van der Waals surface area (Å²) in [5.74, 6) is 1.07. The zero-order valence-corrected chi connectivity index (χ0v) is 14.2. The predicted molar refractivity (Wildman–Crippen MR) is 98.3 cm³/mol. The molecule has 0 atom stereocenters. The summed E-state index contributed by atoms with van der Waals surface area (Å²) in [5, 5.41) is 11.6. The summed E-state index contributed by atoms with van der Waals surface area (Å²) >= 11 is 0. The fraction of sp³-hybridized carbons (Fsp3) is 0.125. The van der Waals surface area contributed by atoms with Crippen LogP contribution in [-0.4, -0.2) is 34.7 Å². The van der Waals surface area contributed by atoms with Crippen molar-refractivity contribution in [3.63, 3.8) is 0 Å². The van der Waals surface area contributed by atoms with Crippen molar-refractivity contribution in [1.82, 2.24) is 34.7 Å². The molecule has 0 aliphatic carbocycles. The number of aryl methyl sites for hydroxylation is 2. The Morgan fingerprint density at radius 3 is 2.65 bits per heavy atom. The highest BCUT2D eigenvalue weighted by molar-refractivity contribution is 5.90. The van der Waals surface area contributed by atoms with Gasteiger partial charge in [-0.05, 0) is 13.0 Å². The maximum absolute atomic E-state index is 5.82. The Hall–Kier alpha value is -3.82. The minimum Gasteiger partial charge on any atom is -0.397 e. The van der Waals surface area contributed by atoms with Crippen molar-refractivity contribution in [3.8, 4) is 0 Å². The van der Waals surface area contributed by atoms with Gasteiger partial charge in [-0.3, -0.25) is 4.98 Å². The first kappa shape index (κ1) is 15.7. The van der Waals surface area contributed by atoms with E-state index >= 15 is 0 Å². The predicted octanol–water partition coefficient (Wildman–Crippen LogP) is 1.93. The van der Waals surface area contributed by atoms with Crippen LogP contribution in [0.5, 0.6) is 0 Å². The third-order valence-electron chi connectivity index (χ3n) is 3.76. The van der Waals surface area contributed by atoms with Crippen LogP contribution in [0.4, 0.5) is 28.8 Å². The summed E-state index contributed by atoms with van der Waals surface area (Å²) in [7, 11) is 1.82. The number of nitrogens with one attached hydrogen (secondary N) is 2. The molecule has 4 heterocycles. The Balaban J connectivity index is 1.68. The molecule has 0 radical (unpaired) electrons. The number of aromatic nitrogens is 7. The maximum atomic E-state index is 5.82. The van der Waals surface area contributed by atoms with Gasteiger partial charge in [0.1, 0.15) is 6.33 Å². The number of hydrogen-bond acceptors (Lipinski definition) is 9. The van der Waals surface area contributed by atoms with E-state index in [0.717, 1.165) is 16.8 Å². The maximum Gasteiger partial charge on any atom is 0.229 e. The molecular formula is C16H16N10. The fourth-order valence-electron chi connectivity index (χ4n) is 2.49. The molecule has 130 valence electrons. The highest BCUT2D eigenvalue weighted by atomic mass is 15.3. The van der Waals surface area contributed by atoms with Gasteiger partial charge in [0, 0.05) is 13.2 Å². The number of anilines is 5. The number of rotatable bonds is 4. The second kappa shape index (κ2) is 6.24. The molecule has 0 bridgehead atoms. The first-order valence-electron chi connectivity index (χ1n) is 7.81. The second-order valence-electron chi connectivity index (χ2n) is 5.68. The molecule has 4 rings (SSSR count). The van der Waals surface area contributed by atoms with E-state index in [1.807, 2.05) is 20.0 Å². The highest BCUT2D eigenvalue weighted by Crippen LogP contribution is 2.26. The molecule has 0 fully saturated rings. The molecule has 4 aromatic heterocycles. The number of nitrogens with zero attached hydrogens (tertiary/aromatic N) is 7. The molecule has 4 N–H and O–H groups in total. The van der Waals surface area contributed by atoms with E-state index in [9.17, 15) is 0 Å². The summed E-state index contributed by atoms with van der Waals surface area (Å²) in [6.07, 6.45) is 8.07. The van der Waals surface area contributed by atoms with E-state index in [-0.39, 0.29) is 0 Å². The third kappa shape index (κ3) is 2.95. The topological polar surface area (TPSA) is 132 Å². The average molecular weight is 348 g/mol. The first-order chi connectivity index (χ1) is 12.6. The first-order valence-corrected chi connectivity index (χ1v) is 7.81. The molecule has 0 saturated carbocycles. The van der Waals surface area contributed by atoms with Crippen LogP contribution in [0.2, 0.25) is 0 Å². The van der Waals surface area contributed by atoms with Crippen LogP contribution in [-0.2, 0) is 7.05 Å². The molecule has 10 heteroatoms. The van der Waals surface area contributed by atoms with Crippen LogP contribution in [0, 0.1) is 6.92 Å². The molecular weight excluding hydrogens is 332 g/mol. The molecule has 26 heavy (non-hydrogen) atoms. The van der Waals surface area contributed by atoms with Crippen molar-refractivity contribution in [1.29, 1.82) is 0 Å². The number of nitrogens with two attached hydrogens (primary N) is 1. The lowest BCUT2D eigenvalue weighted by molar-refractivity contribution is 0.789. The van der Waals surface area contributed by atoms with E-state index < -0.39 is 0 Å². The zero-order chi connectivity index (χ0) is 18.1. The molecule has 0 amide bonds. The molecule has 0 saturated heterocycles. The lowest BCUT2D eigenvalue weighted by Crippen LogP contribution is -1.99. The largest absolute Gasteiger partial charge is 0.397 e.